The number of hydrogen-bond acceptors (Lipinski definition) is 5. The predicted molar refractivity (Wildman–Crippen MR) is 47.8 cm³/mol. The van der Waals surface area contributed by atoms with E-state index in [0.717, 1.165) is 12.8 Å². The molecule has 14 heavy (non-hydrogen) atoms. The molecule has 0 amide bonds. The lowest BCUT2D eigenvalue weighted by molar-refractivity contribution is -0.139. The molecule has 0 saturated carbocycles. The average molecular weight is 205 g/mol. The Balaban J connectivity index is 3.48. The predicted octanol–water partition coefficient (Wildman–Crippen LogP) is 0.352. The fraction of sp³-hybridized carbons (Fsp3) is 0.750. The Bertz CT molecular complexity index is 194. The molecule has 0 radical (unpaired) electrons. The maximum atomic E-state index is 10.8. The van der Waals surface area contributed by atoms with Gasteiger partial charge in [0.2, 0.25) is 0 Å². The van der Waals surface area contributed by atoms with E-state index in [1.165, 1.54) is 0 Å². The van der Waals surface area contributed by atoms with Gasteiger partial charge in [0.1, 0.15) is 12.6 Å². The molecule has 0 bridgehead atoms. The zero-order valence-corrected chi connectivity index (χ0v) is 8.06. The average Bonchev–Trinajstić information content (AvgIpc) is 2.14. The Morgan fingerprint density at radius 2 is 2.07 bits per heavy atom. The van der Waals surface area contributed by atoms with E-state index in [-0.39, 0.29) is 13.2 Å². The summed E-state index contributed by atoms with van der Waals surface area (Å²) in [5, 5.41) is 8.35. The van der Waals surface area contributed by atoms with E-state index < -0.39 is 18.2 Å². The van der Waals surface area contributed by atoms with Crippen LogP contribution in [0, 0.1) is 0 Å². The molecule has 0 fully saturated rings. The largest absolute Gasteiger partial charge is 0.508 e. The van der Waals surface area contributed by atoms with Gasteiger partial charge in [0.05, 0.1) is 6.61 Å². The summed E-state index contributed by atoms with van der Waals surface area (Å²) in [5.74, 6) is -1.22. The molecule has 0 aliphatic rings. The molecule has 6 nitrogen and oxygen atoms in total. The lowest BCUT2D eigenvalue weighted by atomic mass is 10.3. The summed E-state index contributed by atoms with van der Waals surface area (Å²) in [6.45, 7) is 1.85. The first kappa shape index (κ1) is 12.7. The molecule has 0 aromatic carbocycles. The van der Waals surface area contributed by atoms with Crippen LogP contribution in [0.5, 0.6) is 0 Å². The molecule has 6 heteroatoms. The van der Waals surface area contributed by atoms with Crippen molar-refractivity contribution in [3.05, 3.63) is 0 Å². The SMILES string of the molecule is CCCCOC(=O)OCC(N)C(=O)O. The number of rotatable bonds is 6. The molecule has 1 atom stereocenters. The molecule has 0 heterocycles. The Kier molecular flexibility index (Phi) is 6.47. The topological polar surface area (TPSA) is 98.9 Å². The Morgan fingerprint density at radius 1 is 1.43 bits per heavy atom. The van der Waals surface area contributed by atoms with E-state index in [1.54, 1.807) is 0 Å². The molecule has 0 aliphatic carbocycles. The number of carbonyl (C=O) groups excluding carboxylic acids is 1. The third kappa shape index (κ3) is 6.24. The fourth-order valence-corrected chi connectivity index (χ4v) is 0.571. The summed E-state index contributed by atoms with van der Waals surface area (Å²) in [6, 6.07) is -1.20. The minimum Gasteiger partial charge on any atom is -0.480 e. The highest BCUT2D eigenvalue weighted by atomic mass is 16.7. The van der Waals surface area contributed by atoms with Crippen LogP contribution in [0.2, 0.25) is 0 Å². The van der Waals surface area contributed by atoms with Crippen LogP contribution in [0.25, 0.3) is 0 Å². The Morgan fingerprint density at radius 3 is 2.57 bits per heavy atom. The molecule has 0 spiro atoms. The number of nitrogens with two attached hydrogens (primary N) is 1. The van der Waals surface area contributed by atoms with Crippen molar-refractivity contribution >= 4 is 12.1 Å². The summed E-state index contributed by atoms with van der Waals surface area (Å²) >= 11 is 0. The fourth-order valence-electron chi connectivity index (χ4n) is 0.571. The first-order chi connectivity index (χ1) is 6.57. The van der Waals surface area contributed by atoms with Crippen molar-refractivity contribution in [3.8, 4) is 0 Å². The van der Waals surface area contributed by atoms with Gasteiger partial charge in [-0.2, -0.15) is 0 Å². The third-order valence-corrected chi connectivity index (χ3v) is 1.42. The molecule has 0 saturated heterocycles. The van der Waals surface area contributed by atoms with Crippen LogP contribution in [0.3, 0.4) is 0 Å². The van der Waals surface area contributed by atoms with Crippen LogP contribution >= 0.6 is 0 Å². The minimum absolute atomic E-state index is 0.275. The smallest absolute Gasteiger partial charge is 0.480 e. The van der Waals surface area contributed by atoms with Crippen molar-refractivity contribution < 1.29 is 24.2 Å². The van der Waals surface area contributed by atoms with Gasteiger partial charge >= 0.3 is 12.1 Å². The van der Waals surface area contributed by atoms with Crippen LogP contribution < -0.4 is 5.73 Å². The van der Waals surface area contributed by atoms with E-state index >= 15 is 0 Å². The van der Waals surface area contributed by atoms with E-state index in [2.05, 4.69) is 9.47 Å². The normalized spacial score (nSPS) is 11.9. The van der Waals surface area contributed by atoms with Crippen molar-refractivity contribution in [2.24, 2.45) is 5.73 Å². The standard InChI is InChI=1S/C8H15NO5/c1-2-3-4-13-8(12)14-5-6(9)7(10)11/h6H,2-5,9H2,1H3,(H,10,11). The molecule has 0 aliphatic heterocycles. The first-order valence-electron chi connectivity index (χ1n) is 4.35. The molecule has 0 aromatic rings. The van der Waals surface area contributed by atoms with E-state index in [0.29, 0.717) is 0 Å². The highest BCUT2D eigenvalue weighted by molar-refractivity contribution is 5.73. The monoisotopic (exact) mass is 205 g/mol. The van der Waals surface area contributed by atoms with Crippen LogP contribution in [0.15, 0.2) is 0 Å². The molecule has 82 valence electrons. The molecular formula is C8H15NO5. The van der Waals surface area contributed by atoms with Crippen molar-refractivity contribution in [3.63, 3.8) is 0 Å². The summed E-state index contributed by atoms with van der Waals surface area (Å²) in [6.07, 6.45) is 0.775. The number of ether oxygens (including phenoxy) is 2. The van der Waals surface area contributed by atoms with Gasteiger partial charge in [0.15, 0.2) is 0 Å². The highest BCUT2D eigenvalue weighted by Crippen LogP contribution is 1.92. The maximum absolute atomic E-state index is 10.8. The number of carboxylic acid groups (broad SMARTS) is 1. The minimum atomic E-state index is -1.22. The Labute approximate surface area is 82.0 Å². The van der Waals surface area contributed by atoms with E-state index in [9.17, 15) is 9.59 Å². The quantitative estimate of drug-likeness (QED) is 0.479. The van der Waals surface area contributed by atoms with Gasteiger partial charge < -0.3 is 20.3 Å². The molecule has 0 aromatic heterocycles. The van der Waals surface area contributed by atoms with Gasteiger partial charge in [-0.05, 0) is 6.42 Å². The van der Waals surface area contributed by atoms with Gasteiger partial charge in [-0.15, -0.1) is 0 Å². The van der Waals surface area contributed by atoms with Crippen LogP contribution in [0.1, 0.15) is 19.8 Å². The van der Waals surface area contributed by atoms with Crippen LogP contribution in [-0.4, -0.2) is 36.5 Å². The second-order valence-corrected chi connectivity index (χ2v) is 2.71. The zero-order valence-electron chi connectivity index (χ0n) is 8.06. The number of carbonyl (C=O) groups is 2. The second kappa shape index (κ2) is 7.14. The number of hydrogen-bond donors (Lipinski definition) is 2. The van der Waals surface area contributed by atoms with Gasteiger partial charge in [-0.25, -0.2) is 4.79 Å². The van der Waals surface area contributed by atoms with Crippen molar-refractivity contribution in [2.75, 3.05) is 13.2 Å². The second-order valence-electron chi connectivity index (χ2n) is 2.71. The number of carboxylic acids is 1. The van der Waals surface area contributed by atoms with Crippen molar-refractivity contribution in [2.45, 2.75) is 25.8 Å². The lowest BCUT2D eigenvalue weighted by Crippen LogP contribution is -2.35. The summed E-state index contributed by atoms with van der Waals surface area (Å²) in [4.78, 5) is 21.0. The molecule has 0 rings (SSSR count). The summed E-state index contributed by atoms with van der Waals surface area (Å²) in [5.41, 5.74) is 5.09. The van der Waals surface area contributed by atoms with Gasteiger partial charge in [-0.3, -0.25) is 4.79 Å². The molecule has 1 unspecified atom stereocenters. The maximum Gasteiger partial charge on any atom is 0.508 e. The first-order valence-corrected chi connectivity index (χ1v) is 4.35. The van der Waals surface area contributed by atoms with E-state index in [4.69, 9.17) is 10.8 Å². The molecular weight excluding hydrogens is 190 g/mol. The zero-order chi connectivity index (χ0) is 11.0. The van der Waals surface area contributed by atoms with Crippen LogP contribution in [0.4, 0.5) is 4.79 Å². The van der Waals surface area contributed by atoms with E-state index in [1.807, 2.05) is 6.92 Å². The highest BCUT2D eigenvalue weighted by Gasteiger charge is 2.14. The lowest BCUT2D eigenvalue weighted by Gasteiger charge is -2.07. The number of aliphatic carboxylic acids is 1. The Hall–Kier alpha value is -1.30. The van der Waals surface area contributed by atoms with Gasteiger partial charge in [-0.1, -0.05) is 13.3 Å². The summed E-state index contributed by atoms with van der Waals surface area (Å²) in [7, 11) is 0. The van der Waals surface area contributed by atoms with Gasteiger partial charge in [0.25, 0.3) is 0 Å². The summed E-state index contributed by atoms with van der Waals surface area (Å²) < 4.78 is 9.05. The van der Waals surface area contributed by atoms with Crippen molar-refractivity contribution in [1.29, 1.82) is 0 Å². The number of unbranched alkanes of at least 4 members (excludes halogenated alkanes) is 1. The van der Waals surface area contributed by atoms with Crippen molar-refractivity contribution in [1.82, 2.24) is 0 Å². The third-order valence-electron chi connectivity index (χ3n) is 1.42. The molecule has 3 N–H and O–H groups in total. The van der Waals surface area contributed by atoms with Gasteiger partial charge in [0, 0.05) is 0 Å². The van der Waals surface area contributed by atoms with Crippen LogP contribution in [-0.2, 0) is 14.3 Å².